The Morgan fingerprint density at radius 1 is 1.17 bits per heavy atom. The quantitative estimate of drug-likeness (QED) is 0.287. The van der Waals surface area contributed by atoms with Gasteiger partial charge in [0.2, 0.25) is 0 Å². The minimum atomic E-state index is -0.0527. The van der Waals surface area contributed by atoms with Crippen LogP contribution in [0.3, 0.4) is 0 Å². The predicted molar refractivity (Wildman–Crippen MR) is 128 cm³/mol. The van der Waals surface area contributed by atoms with Gasteiger partial charge in [0.1, 0.15) is 18.5 Å². The summed E-state index contributed by atoms with van der Waals surface area (Å²) in [7, 11) is 1.64. The molecule has 7 nitrogen and oxygen atoms in total. The summed E-state index contributed by atoms with van der Waals surface area (Å²) in [5.74, 6) is 3.74. The van der Waals surface area contributed by atoms with Crippen LogP contribution in [0.15, 0.2) is 41.7 Å². The van der Waals surface area contributed by atoms with Crippen molar-refractivity contribution in [3.8, 4) is 11.5 Å². The van der Waals surface area contributed by atoms with E-state index in [4.69, 9.17) is 9.47 Å². The van der Waals surface area contributed by atoms with Crippen LogP contribution in [0.1, 0.15) is 33.5 Å². The maximum absolute atomic E-state index is 5.99. The molecule has 1 heterocycles. The van der Waals surface area contributed by atoms with Crippen molar-refractivity contribution in [1.82, 2.24) is 20.2 Å². The number of halogens is 1. The van der Waals surface area contributed by atoms with Crippen molar-refractivity contribution in [2.24, 2.45) is 10.9 Å². The van der Waals surface area contributed by atoms with Gasteiger partial charge in [-0.15, -0.1) is 24.0 Å². The maximum atomic E-state index is 5.99. The van der Waals surface area contributed by atoms with E-state index in [1.165, 1.54) is 0 Å². The number of ether oxygens (including phenoxy) is 2. The molecule has 0 aliphatic rings. The SMILES string of the molecule is CCNC(=NCc1nccn1CC(C)C)NCC(C)Oc1ccccc1OC.I. The lowest BCUT2D eigenvalue weighted by Gasteiger charge is -2.19. The van der Waals surface area contributed by atoms with Crippen LogP contribution in [-0.2, 0) is 13.1 Å². The fourth-order valence-corrected chi connectivity index (χ4v) is 2.76. The molecule has 0 radical (unpaired) electrons. The second-order valence-corrected chi connectivity index (χ2v) is 7.05. The highest BCUT2D eigenvalue weighted by Crippen LogP contribution is 2.26. The number of guanidine groups is 1. The number of methoxy groups -OCH3 is 1. The van der Waals surface area contributed by atoms with Gasteiger partial charge < -0.3 is 24.7 Å². The van der Waals surface area contributed by atoms with Gasteiger partial charge in [0.05, 0.1) is 13.7 Å². The highest BCUT2D eigenvalue weighted by molar-refractivity contribution is 14.0. The van der Waals surface area contributed by atoms with Crippen LogP contribution in [0.25, 0.3) is 0 Å². The standard InChI is InChI=1S/C21H33N5O2.HI/c1-6-22-21(25-14-20-23-11-12-26(20)15-16(2)3)24-13-17(4)28-19-10-8-7-9-18(19)27-5;/h7-12,16-17H,6,13-15H2,1-5H3,(H2,22,24,25);1H. The van der Waals surface area contributed by atoms with Crippen molar-refractivity contribution < 1.29 is 9.47 Å². The van der Waals surface area contributed by atoms with Crippen LogP contribution in [0.2, 0.25) is 0 Å². The highest BCUT2D eigenvalue weighted by Gasteiger charge is 2.10. The molecule has 2 rings (SSSR count). The molecule has 1 aromatic heterocycles. The van der Waals surface area contributed by atoms with E-state index >= 15 is 0 Å². The van der Waals surface area contributed by atoms with Gasteiger partial charge in [0, 0.05) is 25.5 Å². The topological polar surface area (TPSA) is 72.7 Å². The minimum Gasteiger partial charge on any atom is -0.493 e. The molecule has 162 valence electrons. The summed E-state index contributed by atoms with van der Waals surface area (Å²) >= 11 is 0. The first kappa shape index (κ1) is 25.1. The van der Waals surface area contributed by atoms with E-state index < -0.39 is 0 Å². The molecule has 1 unspecified atom stereocenters. The fourth-order valence-electron chi connectivity index (χ4n) is 2.76. The Balaban J connectivity index is 0.00000420. The van der Waals surface area contributed by atoms with Gasteiger partial charge in [0.15, 0.2) is 17.5 Å². The summed E-state index contributed by atoms with van der Waals surface area (Å²) < 4.78 is 13.5. The number of nitrogens with one attached hydrogen (secondary N) is 2. The summed E-state index contributed by atoms with van der Waals surface area (Å²) in [6, 6.07) is 7.65. The summed E-state index contributed by atoms with van der Waals surface area (Å²) in [6.45, 7) is 11.3. The zero-order valence-corrected chi connectivity index (χ0v) is 20.3. The Bertz CT molecular complexity index is 748. The zero-order valence-electron chi connectivity index (χ0n) is 18.0. The van der Waals surface area contributed by atoms with Crippen molar-refractivity contribution in [1.29, 1.82) is 0 Å². The van der Waals surface area contributed by atoms with Crippen LogP contribution in [0.5, 0.6) is 11.5 Å². The van der Waals surface area contributed by atoms with Crippen molar-refractivity contribution in [2.75, 3.05) is 20.2 Å². The first-order valence-corrected chi connectivity index (χ1v) is 9.85. The van der Waals surface area contributed by atoms with E-state index in [2.05, 4.69) is 39.0 Å². The van der Waals surface area contributed by atoms with Crippen LogP contribution < -0.4 is 20.1 Å². The molecule has 0 amide bonds. The van der Waals surface area contributed by atoms with E-state index in [1.807, 2.05) is 50.5 Å². The largest absolute Gasteiger partial charge is 0.493 e. The lowest BCUT2D eigenvalue weighted by atomic mass is 10.2. The number of para-hydroxylation sites is 2. The molecule has 8 heteroatoms. The molecular formula is C21H34IN5O2. The van der Waals surface area contributed by atoms with Gasteiger partial charge in [-0.2, -0.15) is 0 Å². The number of imidazole rings is 1. The lowest BCUT2D eigenvalue weighted by Crippen LogP contribution is -2.41. The molecule has 0 saturated heterocycles. The number of rotatable bonds is 10. The molecule has 0 fully saturated rings. The molecular weight excluding hydrogens is 481 g/mol. The van der Waals surface area contributed by atoms with Gasteiger partial charge in [-0.05, 0) is 31.9 Å². The lowest BCUT2D eigenvalue weighted by molar-refractivity contribution is 0.213. The van der Waals surface area contributed by atoms with E-state index in [9.17, 15) is 0 Å². The van der Waals surface area contributed by atoms with Gasteiger partial charge >= 0.3 is 0 Å². The molecule has 0 aliphatic carbocycles. The maximum Gasteiger partial charge on any atom is 0.191 e. The fraction of sp³-hybridized carbons (Fsp3) is 0.524. The number of benzene rings is 1. The third-order valence-electron chi connectivity index (χ3n) is 4.04. The van der Waals surface area contributed by atoms with Crippen molar-refractivity contribution in [3.05, 3.63) is 42.5 Å². The second kappa shape index (κ2) is 13.3. The molecule has 1 atom stereocenters. The van der Waals surface area contributed by atoms with Crippen LogP contribution in [0, 0.1) is 5.92 Å². The molecule has 0 bridgehead atoms. The number of aliphatic imine (C=N–C) groups is 1. The van der Waals surface area contributed by atoms with Crippen LogP contribution >= 0.6 is 24.0 Å². The van der Waals surface area contributed by atoms with E-state index in [0.29, 0.717) is 19.0 Å². The molecule has 0 saturated carbocycles. The Morgan fingerprint density at radius 2 is 1.90 bits per heavy atom. The number of nitrogens with zero attached hydrogens (tertiary/aromatic N) is 3. The van der Waals surface area contributed by atoms with Gasteiger partial charge in [0.25, 0.3) is 0 Å². The van der Waals surface area contributed by atoms with Crippen LogP contribution in [0.4, 0.5) is 0 Å². The summed E-state index contributed by atoms with van der Waals surface area (Å²) in [5, 5.41) is 6.61. The molecule has 0 aliphatic heterocycles. The minimum absolute atomic E-state index is 0. The third-order valence-corrected chi connectivity index (χ3v) is 4.04. The average Bonchev–Trinajstić information content (AvgIpc) is 3.10. The van der Waals surface area contributed by atoms with E-state index in [1.54, 1.807) is 7.11 Å². The Morgan fingerprint density at radius 3 is 2.55 bits per heavy atom. The number of hydrogen-bond acceptors (Lipinski definition) is 4. The van der Waals surface area contributed by atoms with Crippen molar-refractivity contribution >= 4 is 29.9 Å². The molecule has 1 aromatic carbocycles. The summed E-state index contributed by atoms with van der Waals surface area (Å²) in [6.07, 6.45) is 3.79. The molecule has 2 aromatic rings. The molecule has 29 heavy (non-hydrogen) atoms. The van der Waals surface area contributed by atoms with E-state index in [-0.39, 0.29) is 30.1 Å². The van der Waals surface area contributed by atoms with Crippen molar-refractivity contribution in [2.45, 2.75) is 46.9 Å². The highest BCUT2D eigenvalue weighted by atomic mass is 127. The molecule has 0 spiro atoms. The van der Waals surface area contributed by atoms with Gasteiger partial charge in [-0.3, -0.25) is 0 Å². The van der Waals surface area contributed by atoms with E-state index in [0.717, 1.165) is 36.4 Å². The summed E-state index contributed by atoms with van der Waals surface area (Å²) in [5.41, 5.74) is 0. The Hall–Kier alpha value is -1.97. The van der Waals surface area contributed by atoms with Gasteiger partial charge in [-0.25, -0.2) is 9.98 Å². The number of aromatic nitrogens is 2. The zero-order chi connectivity index (χ0) is 20.4. The third kappa shape index (κ3) is 8.51. The number of hydrogen-bond donors (Lipinski definition) is 2. The smallest absolute Gasteiger partial charge is 0.191 e. The Kier molecular flexibility index (Phi) is 11.5. The average molecular weight is 515 g/mol. The molecule has 2 N–H and O–H groups in total. The van der Waals surface area contributed by atoms with Crippen molar-refractivity contribution in [3.63, 3.8) is 0 Å². The first-order valence-electron chi connectivity index (χ1n) is 9.85. The summed E-state index contributed by atoms with van der Waals surface area (Å²) in [4.78, 5) is 9.10. The van der Waals surface area contributed by atoms with Gasteiger partial charge in [-0.1, -0.05) is 26.0 Å². The normalized spacial score (nSPS) is 12.3. The first-order chi connectivity index (χ1) is 13.5. The monoisotopic (exact) mass is 515 g/mol. The second-order valence-electron chi connectivity index (χ2n) is 7.05. The Labute approximate surface area is 191 Å². The predicted octanol–water partition coefficient (Wildman–Crippen LogP) is 3.69. The van der Waals surface area contributed by atoms with Crippen LogP contribution in [-0.4, -0.2) is 41.8 Å².